The number of alkyl halides is 1. The fraction of sp³-hybridized carbons (Fsp3) is 0.333. The van der Waals surface area contributed by atoms with E-state index in [9.17, 15) is 14.6 Å². The zero-order valence-corrected chi connectivity index (χ0v) is 13.2. The van der Waals surface area contributed by atoms with Crippen LogP contribution in [-0.2, 0) is 4.74 Å². The quantitative estimate of drug-likeness (QED) is 0.658. The van der Waals surface area contributed by atoms with E-state index in [1.54, 1.807) is 6.20 Å². The molecular formula is C15H15FN4O3S. The van der Waals surface area contributed by atoms with Gasteiger partial charge < -0.3 is 25.3 Å². The number of hydrogen-bond acceptors (Lipinski definition) is 7. The lowest BCUT2D eigenvalue weighted by Crippen LogP contribution is -2.30. The summed E-state index contributed by atoms with van der Waals surface area (Å²) in [5.41, 5.74) is 7.20. The average Bonchev–Trinajstić information content (AvgIpc) is 3.28. The molecule has 7 nitrogen and oxygen atoms in total. The lowest BCUT2D eigenvalue weighted by Gasteiger charge is -2.15. The van der Waals surface area contributed by atoms with Gasteiger partial charge in [-0.3, -0.25) is 0 Å². The molecule has 0 aliphatic carbocycles. The Bertz CT molecular complexity index is 869. The molecule has 1 saturated heterocycles. The molecule has 0 amide bonds. The van der Waals surface area contributed by atoms with E-state index in [4.69, 9.17) is 10.5 Å². The summed E-state index contributed by atoms with van der Waals surface area (Å²) >= 11 is 1.51. The zero-order chi connectivity index (χ0) is 16.8. The average molecular weight is 350 g/mol. The fourth-order valence-corrected chi connectivity index (χ4v) is 3.74. The van der Waals surface area contributed by atoms with Gasteiger partial charge >= 0.3 is 0 Å². The molecule has 1 aliphatic heterocycles. The Morgan fingerprint density at radius 1 is 1.42 bits per heavy atom. The maximum atomic E-state index is 14.5. The maximum absolute atomic E-state index is 14.5. The first-order valence-electron chi connectivity index (χ1n) is 7.35. The summed E-state index contributed by atoms with van der Waals surface area (Å²) in [5.74, 6) is 0.287. The number of rotatable bonds is 3. The van der Waals surface area contributed by atoms with E-state index < -0.39 is 31.2 Å². The number of anilines is 1. The fourth-order valence-electron chi connectivity index (χ4n) is 3.00. The number of fused-ring (bicyclic) bond motifs is 1. The molecule has 0 aromatic carbocycles. The van der Waals surface area contributed by atoms with Gasteiger partial charge in [0.2, 0.25) is 0 Å². The van der Waals surface area contributed by atoms with Gasteiger partial charge in [-0.2, -0.15) is 0 Å². The first kappa shape index (κ1) is 15.5. The summed E-state index contributed by atoms with van der Waals surface area (Å²) in [6, 6.07) is 3.82. The summed E-state index contributed by atoms with van der Waals surface area (Å²) in [7, 11) is 0. The van der Waals surface area contributed by atoms with E-state index in [1.165, 1.54) is 22.2 Å². The Balaban J connectivity index is 1.90. The number of nitrogens with zero attached hydrogens (tertiary/aromatic N) is 3. The van der Waals surface area contributed by atoms with Gasteiger partial charge in [0, 0.05) is 16.6 Å². The van der Waals surface area contributed by atoms with Gasteiger partial charge in [-0.1, -0.05) is 6.07 Å². The van der Waals surface area contributed by atoms with Gasteiger partial charge in [-0.15, -0.1) is 11.3 Å². The molecule has 3 aromatic heterocycles. The zero-order valence-electron chi connectivity index (χ0n) is 12.4. The van der Waals surface area contributed by atoms with Crippen molar-refractivity contribution in [3.8, 4) is 10.4 Å². The molecule has 1 aliphatic rings. The van der Waals surface area contributed by atoms with Gasteiger partial charge in [-0.05, 0) is 11.4 Å². The normalized spacial score (nSPS) is 27.1. The minimum Gasteiger partial charge on any atom is -0.394 e. The molecule has 0 unspecified atom stereocenters. The van der Waals surface area contributed by atoms with Crippen molar-refractivity contribution in [2.24, 2.45) is 0 Å². The largest absolute Gasteiger partial charge is 0.394 e. The second-order valence-corrected chi connectivity index (χ2v) is 6.52. The van der Waals surface area contributed by atoms with Crippen LogP contribution < -0.4 is 5.73 Å². The molecular weight excluding hydrogens is 335 g/mol. The predicted octanol–water partition coefficient (Wildman–Crippen LogP) is 1.33. The third-order valence-corrected chi connectivity index (χ3v) is 5.08. The lowest BCUT2D eigenvalue weighted by molar-refractivity contribution is -0.0457. The Morgan fingerprint density at radius 2 is 2.25 bits per heavy atom. The van der Waals surface area contributed by atoms with E-state index in [2.05, 4.69) is 9.97 Å². The number of thiophene rings is 1. The molecule has 126 valence electrons. The topological polar surface area (TPSA) is 106 Å². The molecule has 4 rings (SSSR count). The van der Waals surface area contributed by atoms with Gasteiger partial charge in [-0.25, -0.2) is 14.4 Å². The van der Waals surface area contributed by atoms with E-state index >= 15 is 0 Å². The van der Waals surface area contributed by atoms with Crippen molar-refractivity contribution in [3.63, 3.8) is 0 Å². The number of hydrogen-bond donors (Lipinski definition) is 3. The molecule has 9 heteroatoms. The minimum absolute atomic E-state index is 0.287. The van der Waals surface area contributed by atoms with Gasteiger partial charge in [0.25, 0.3) is 0 Å². The molecule has 0 bridgehead atoms. The molecule has 3 aromatic rings. The summed E-state index contributed by atoms with van der Waals surface area (Å²) < 4.78 is 21.5. The van der Waals surface area contributed by atoms with E-state index in [1.807, 2.05) is 17.5 Å². The highest BCUT2D eigenvalue weighted by molar-refractivity contribution is 7.13. The van der Waals surface area contributed by atoms with Crippen molar-refractivity contribution in [1.82, 2.24) is 14.5 Å². The molecule has 0 spiro atoms. The smallest absolute Gasteiger partial charge is 0.173 e. The number of ether oxygens (including phenoxy) is 1. The van der Waals surface area contributed by atoms with Gasteiger partial charge in [0.1, 0.15) is 30.0 Å². The van der Waals surface area contributed by atoms with Crippen LogP contribution in [0, 0.1) is 0 Å². The van der Waals surface area contributed by atoms with Crippen LogP contribution >= 0.6 is 11.3 Å². The number of halogens is 1. The monoisotopic (exact) mass is 350 g/mol. The summed E-state index contributed by atoms with van der Waals surface area (Å²) in [4.78, 5) is 9.17. The highest BCUT2D eigenvalue weighted by Gasteiger charge is 2.45. The maximum Gasteiger partial charge on any atom is 0.173 e. The van der Waals surface area contributed by atoms with Crippen molar-refractivity contribution in [1.29, 1.82) is 0 Å². The predicted molar refractivity (Wildman–Crippen MR) is 87.2 cm³/mol. The molecule has 24 heavy (non-hydrogen) atoms. The van der Waals surface area contributed by atoms with Crippen molar-refractivity contribution < 1.29 is 19.3 Å². The third-order valence-electron chi connectivity index (χ3n) is 4.17. The van der Waals surface area contributed by atoms with E-state index in [0.717, 1.165) is 10.4 Å². The van der Waals surface area contributed by atoms with Crippen LogP contribution in [0.4, 0.5) is 10.2 Å². The van der Waals surface area contributed by atoms with E-state index in [0.29, 0.717) is 11.0 Å². The van der Waals surface area contributed by atoms with Crippen LogP contribution in [-0.4, -0.2) is 49.7 Å². The van der Waals surface area contributed by atoms with E-state index in [-0.39, 0.29) is 5.82 Å². The molecule has 4 heterocycles. The number of aliphatic hydroxyl groups is 2. The Hall–Kier alpha value is -2.07. The number of aliphatic hydroxyl groups excluding tert-OH is 2. The van der Waals surface area contributed by atoms with Crippen LogP contribution in [0.3, 0.4) is 0 Å². The summed E-state index contributed by atoms with van der Waals surface area (Å²) in [5, 5.41) is 21.6. The third kappa shape index (κ3) is 2.20. The molecule has 0 saturated carbocycles. The number of nitrogen functional groups attached to an aromatic ring is 1. The standard InChI is InChI=1S/C15H15FN4O3S/c16-11-12(22)8(5-21)23-15(11)20-4-7(9-2-1-3-24-9)10-13(17)18-6-19-14(10)20/h1-4,6,8,11-12,15,21-22H,5H2,(H2,17,18,19)/t8-,11-,12-,15-/m1/s1. The molecule has 4 atom stereocenters. The van der Waals surface area contributed by atoms with Gasteiger partial charge in [0.15, 0.2) is 12.4 Å². The van der Waals surface area contributed by atoms with Crippen molar-refractivity contribution in [2.75, 3.05) is 12.3 Å². The Labute approximate surface area is 140 Å². The highest BCUT2D eigenvalue weighted by atomic mass is 32.1. The van der Waals surface area contributed by atoms with Crippen LogP contribution in [0.25, 0.3) is 21.5 Å². The summed E-state index contributed by atoms with van der Waals surface area (Å²) in [6.45, 7) is -0.466. The second kappa shape index (κ2) is 5.78. The van der Waals surface area contributed by atoms with Crippen LogP contribution in [0.15, 0.2) is 30.0 Å². The first-order valence-corrected chi connectivity index (χ1v) is 8.23. The number of nitrogens with two attached hydrogens (primary N) is 1. The highest BCUT2D eigenvalue weighted by Crippen LogP contribution is 2.40. The van der Waals surface area contributed by atoms with Crippen molar-refractivity contribution in [3.05, 3.63) is 30.0 Å². The number of aromatic nitrogens is 3. The van der Waals surface area contributed by atoms with Crippen LogP contribution in [0.2, 0.25) is 0 Å². The second-order valence-electron chi connectivity index (χ2n) is 5.57. The van der Waals surface area contributed by atoms with Gasteiger partial charge in [0.05, 0.1) is 12.0 Å². The molecule has 1 fully saturated rings. The molecule has 4 N–H and O–H groups in total. The van der Waals surface area contributed by atoms with Crippen molar-refractivity contribution >= 4 is 28.2 Å². The Morgan fingerprint density at radius 3 is 2.92 bits per heavy atom. The molecule has 0 radical (unpaired) electrons. The van der Waals surface area contributed by atoms with Crippen molar-refractivity contribution in [2.45, 2.75) is 24.6 Å². The summed E-state index contributed by atoms with van der Waals surface area (Å²) in [6.07, 6.45) is -2.17. The minimum atomic E-state index is -1.69. The Kier molecular flexibility index (Phi) is 3.72. The lowest BCUT2D eigenvalue weighted by atomic mass is 10.1. The first-order chi connectivity index (χ1) is 11.6. The van der Waals surface area contributed by atoms with Crippen LogP contribution in [0.1, 0.15) is 6.23 Å². The SMILES string of the molecule is Nc1ncnc2c1c(-c1cccs1)cn2[C@@H]1O[C@H](CO)[C@@H](O)[C@H]1F. The van der Waals surface area contributed by atoms with Crippen LogP contribution in [0.5, 0.6) is 0 Å².